The van der Waals surface area contributed by atoms with Gasteiger partial charge in [-0.05, 0) is 0 Å². The third-order valence-electron chi connectivity index (χ3n) is 1.51. The average molecular weight is 202 g/mol. The molecule has 5 heteroatoms. The number of hydrogen-bond donors (Lipinski definition) is 0. The van der Waals surface area contributed by atoms with Crippen molar-refractivity contribution in [1.82, 2.24) is 14.4 Å². The van der Waals surface area contributed by atoms with Crippen LogP contribution in [0.25, 0.3) is 5.65 Å². The number of halogens is 2. The smallest absolute Gasteiger partial charge is 0.155 e. The molecule has 2 aromatic heterocycles. The lowest BCUT2D eigenvalue weighted by Crippen LogP contribution is -1.81. The molecule has 0 atom stereocenters. The van der Waals surface area contributed by atoms with Crippen LogP contribution in [0, 0.1) is 0 Å². The number of aromatic nitrogens is 3. The predicted octanol–water partition coefficient (Wildman–Crippen LogP) is 2.21. The van der Waals surface area contributed by atoms with Crippen LogP contribution in [0.4, 0.5) is 0 Å². The minimum atomic E-state index is -0.579. The third kappa shape index (κ3) is 1.26. The Morgan fingerprint density at radius 2 is 2.25 bits per heavy atom. The molecule has 0 N–H and O–H groups in total. The van der Waals surface area contributed by atoms with Crippen LogP contribution in [-0.2, 0) is 0 Å². The van der Waals surface area contributed by atoms with E-state index >= 15 is 0 Å². The Morgan fingerprint density at radius 3 is 2.92 bits per heavy atom. The van der Waals surface area contributed by atoms with E-state index in [1.165, 1.54) is 0 Å². The second-order valence-corrected chi connectivity index (χ2v) is 3.40. The van der Waals surface area contributed by atoms with Gasteiger partial charge in [0.2, 0.25) is 0 Å². The summed E-state index contributed by atoms with van der Waals surface area (Å²) in [4.78, 5) is 7.49. The van der Waals surface area contributed by atoms with Crippen molar-refractivity contribution >= 4 is 28.8 Å². The van der Waals surface area contributed by atoms with Crippen molar-refractivity contribution in [3.8, 4) is 0 Å². The first-order valence-corrected chi connectivity index (χ1v) is 4.21. The fraction of sp³-hybridized carbons (Fsp3) is 0.143. The van der Waals surface area contributed by atoms with Crippen LogP contribution in [0.15, 0.2) is 24.8 Å². The molecule has 2 aromatic rings. The zero-order chi connectivity index (χ0) is 8.55. The number of nitrogens with zero attached hydrogens (tertiary/aromatic N) is 3. The van der Waals surface area contributed by atoms with Gasteiger partial charge in [0.25, 0.3) is 0 Å². The van der Waals surface area contributed by atoms with Gasteiger partial charge in [-0.3, -0.25) is 4.98 Å². The molecule has 0 saturated heterocycles. The van der Waals surface area contributed by atoms with E-state index in [1.807, 2.05) is 4.40 Å². The SMILES string of the molecule is ClC(Cl)c1cn2ccncc2n1. The molecule has 0 spiro atoms. The zero-order valence-corrected chi connectivity index (χ0v) is 7.50. The lowest BCUT2D eigenvalue weighted by atomic mass is 10.5. The molecule has 2 heterocycles. The van der Waals surface area contributed by atoms with Gasteiger partial charge in [0.15, 0.2) is 10.5 Å². The Labute approximate surface area is 79.0 Å². The summed E-state index contributed by atoms with van der Waals surface area (Å²) in [5.41, 5.74) is 1.39. The van der Waals surface area contributed by atoms with Crippen LogP contribution >= 0.6 is 23.2 Å². The number of fused-ring (bicyclic) bond motifs is 1. The monoisotopic (exact) mass is 201 g/mol. The van der Waals surface area contributed by atoms with Crippen LogP contribution in [-0.4, -0.2) is 14.4 Å². The first kappa shape index (κ1) is 7.83. The summed E-state index contributed by atoms with van der Waals surface area (Å²) in [6.07, 6.45) is 6.90. The van der Waals surface area contributed by atoms with E-state index in [2.05, 4.69) is 9.97 Å². The van der Waals surface area contributed by atoms with Gasteiger partial charge in [0.05, 0.1) is 11.9 Å². The highest BCUT2D eigenvalue weighted by molar-refractivity contribution is 6.43. The van der Waals surface area contributed by atoms with Gasteiger partial charge >= 0.3 is 0 Å². The largest absolute Gasteiger partial charge is 0.304 e. The summed E-state index contributed by atoms with van der Waals surface area (Å²) in [7, 11) is 0. The minimum Gasteiger partial charge on any atom is -0.304 e. The Morgan fingerprint density at radius 1 is 1.42 bits per heavy atom. The number of imidazole rings is 1. The minimum absolute atomic E-state index is 0.579. The van der Waals surface area contributed by atoms with Crippen LogP contribution in [0.1, 0.15) is 10.5 Å². The van der Waals surface area contributed by atoms with Crippen LogP contribution in [0.2, 0.25) is 0 Å². The zero-order valence-electron chi connectivity index (χ0n) is 5.98. The van der Waals surface area contributed by atoms with Crippen molar-refractivity contribution in [1.29, 1.82) is 0 Å². The Bertz CT molecular complexity index is 363. The van der Waals surface area contributed by atoms with Crippen molar-refractivity contribution in [3.05, 3.63) is 30.5 Å². The summed E-state index contributed by atoms with van der Waals surface area (Å²) in [5, 5.41) is 0. The maximum Gasteiger partial charge on any atom is 0.155 e. The maximum absolute atomic E-state index is 5.64. The Hall–Kier alpha value is -0.800. The maximum atomic E-state index is 5.64. The molecule has 0 aliphatic rings. The van der Waals surface area contributed by atoms with Crippen molar-refractivity contribution in [2.24, 2.45) is 0 Å². The summed E-state index contributed by atoms with van der Waals surface area (Å²) in [6.45, 7) is 0. The summed E-state index contributed by atoms with van der Waals surface area (Å²) in [6, 6.07) is 0. The molecule has 0 aliphatic heterocycles. The third-order valence-corrected chi connectivity index (χ3v) is 1.95. The first-order chi connectivity index (χ1) is 5.77. The van der Waals surface area contributed by atoms with Gasteiger partial charge in [0.1, 0.15) is 0 Å². The van der Waals surface area contributed by atoms with Crippen LogP contribution < -0.4 is 0 Å². The van der Waals surface area contributed by atoms with Gasteiger partial charge in [-0.2, -0.15) is 0 Å². The lowest BCUT2D eigenvalue weighted by molar-refractivity contribution is 1.13. The molecule has 12 heavy (non-hydrogen) atoms. The van der Waals surface area contributed by atoms with Gasteiger partial charge in [-0.15, -0.1) is 0 Å². The molecule has 62 valence electrons. The Kier molecular flexibility index (Phi) is 1.90. The molecule has 0 unspecified atom stereocenters. The fourth-order valence-corrected chi connectivity index (χ4v) is 1.18. The topological polar surface area (TPSA) is 30.2 Å². The highest BCUT2D eigenvalue weighted by Crippen LogP contribution is 2.23. The van der Waals surface area contributed by atoms with E-state index in [0.717, 1.165) is 5.65 Å². The average Bonchev–Trinajstić information content (AvgIpc) is 2.46. The number of alkyl halides is 2. The molecule has 0 aliphatic carbocycles. The molecule has 0 saturated carbocycles. The van der Waals surface area contributed by atoms with Crippen LogP contribution in [0.3, 0.4) is 0 Å². The first-order valence-electron chi connectivity index (χ1n) is 3.34. The summed E-state index contributed by atoms with van der Waals surface area (Å²) < 4.78 is 1.82. The van der Waals surface area contributed by atoms with Gasteiger partial charge in [-0.1, -0.05) is 23.2 Å². The molecular weight excluding hydrogens is 197 g/mol. The summed E-state index contributed by atoms with van der Waals surface area (Å²) >= 11 is 11.3. The molecule has 3 nitrogen and oxygen atoms in total. The number of rotatable bonds is 1. The summed E-state index contributed by atoms with van der Waals surface area (Å²) in [5.74, 6) is 0. The van der Waals surface area contributed by atoms with E-state index < -0.39 is 4.84 Å². The Balaban J connectivity index is 2.62. The highest BCUT2D eigenvalue weighted by atomic mass is 35.5. The van der Waals surface area contributed by atoms with E-state index in [0.29, 0.717) is 5.69 Å². The van der Waals surface area contributed by atoms with Crippen molar-refractivity contribution in [2.45, 2.75) is 4.84 Å². The molecular formula is C7H5Cl2N3. The standard InChI is InChI=1S/C7H5Cl2N3/c8-7(9)5-4-12-2-1-10-3-6(12)11-5/h1-4,7H. The molecule has 2 rings (SSSR count). The predicted molar refractivity (Wildman–Crippen MR) is 47.4 cm³/mol. The molecule has 0 radical (unpaired) electrons. The van der Waals surface area contributed by atoms with E-state index in [4.69, 9.17) is 23.2 Å². The van der Waals surface area contributed by atoms with Crippen molar-refractivity contribution < 1.29 is 0 Å². The van der Waals surface area contributed by atoms with E-state index in [9.17, 15) is 0 Å². The van der Waals surface area contributed by atoms with Crippen LogP contribution in [0.5, 0.6) is 0 Å². The molecule has 0 aromatic carbocycles. The normalized spacial score (nSPS) is 11.2. The molecule has 0 fully saturated rings. The molecule has 0 bridgehead atoms. The van der Waals surface area contributed by atoms with E-state index in [-0.39, 0.29) is 0 Å². The quantitative estimate of drug-likeness (QED) is 0.663. The fourth-order valence-electron chi connectivity index (χ4n) is 0.968. The number of hydrogen-bond acceptors (Lipinski definition) is 2. The van der Waals surface area contributed by atoms with E-state index in [1.54, 1.807) is 24.8 Å². The van der Waals surface area contributed by atoms with Gasteiger partial charge in [0, 0.05) is 18.6 Å². The second kappa shape index (κ2) is 2.92. The highest BCUT2D eigenvalue weighted by Gasteiger charge is 2.07. The van der Waals surface area contributed by atoms with Crippen molar-refractivity contribution in [2.75, 3.05) is 0 Å². The van der Waals surface area contributed by atoms with Crippen molar-refractivity contribution in [3.63, 3.8) is 0 Å². The lowest BCUT2D eigenvalue weighted by Gasteiger charge is -1.89. The second-order valence-electron chi connectivity index (χ2n) is 2.31. The van der Waals surface area contributed by atoms with Gasteiger partial charge < -0.3 is 4.40 Å². The van der Waals surface area contributed by atoms with Gasteiger partial charge in [-0.25, -0.2) is 4.98 Å². The molecule has 0 amide bonds.